The number of pyridine rings is 1. The van der Waals surface area contributed by atoms with Gasteiger partial charge in [0.05, 0.1) is 17.6 Å². The molecule has 0 spiro atoms. The number of hydrogen-bond acceptors (Lipinski definition) is 4. The molecule has 1 aromatic heterocycles. The molecule has 0 unspecified atom stereocenters. The lowest BCUT2D eigenvalue weighted by Gasteiger charge is -2.33. The smallest absolute Gasteiger partial charge is 0.220 e. The van der Waals surface area contributed by atoms with Gasteiger partial charge >= 0.3 is 0 Å². The van der Waals surface area contributed by atoms with Crippen LogP contribution in [0, 0.1) is 12.8 Å². The van der Waals surface area contributed by atoms with Gasteiger partial charge in [-0.05, 0) is 25.8 Å². The zero-order chi connectivity index (χ0) is 12.4. The second-order valence-electron chi connectivity index (χ2n) is 4.55. The number of aromatic nitrogens is 1. The van der Waals surface area contributed by atoms with Gasteiger partial charge < -0.3 is 16.4 Å². The van der Waals surface area contributed by atoms with E-state index in [1.807, 2.05) is 13.0 Å². The van der Waals surface area contributed by atoms with Crippen molar-refractivity contribution in [2.75, 3.05) is 23.7 Å². The van der Waals surface area contributed by atoms with Gasteiger partial charge in [-0.15, -0.1) is 0 Å². The van der Waals surface area contributed by atoms with Crippen LogP contribution in [-0.4, -0.2) is 24.0 Å². The molecule has 4 N–H and O–H groups in total. The first-order valence-electron chi connectivity index (χ1n) is 5.84. The first-order valence-corrected chi connectivity index (χ1v) is 5.84. The maximum atomic E-state index is 11.1. The van der Waals surface area contributed by atoms with Gasteiger partial charge in [-0.1, -0.05) is 0 Å². The van der Waals surface area contributed by atoms with Crippen molar-refractivity contribution in [1.82, 2.24) is 4.98 Å². The molecule has 1 aromatic rings. The number of piperidine rings is 1. The molecule has 0 atom stereocenters. The monoisotopic (exact) mass is 234 g/mol. The van der Waals surface area contributed by atoms with Crippen LogP contribution in [0.4, 0.5) is 11.4 Å². The van der Waals surface area contributed by atoms with Crippen molar-refractivity contribution in [2.24, 2.45) is 11.7 Å². The van der Waals surface area contributed by atoms with Gasteiger partial charge in [-0.2, -0.15) is 0 Å². The van der Waals surface area contributed by atoms with E-state index in [1.165, 1.54) is 0 Å². The maximum Gasteiger partial charge on any atom is 0.220 e. The van der Waals surface area contributed by atoms with E-state index in [4.69, 9.17) is 11.5 Å². The number of amides is 1. The summed E-state index contributed by atoms with van der Waals surface area (Å²) in [6.07, 6.45) is 3.29. The minimum absolute atomic E-state index is 0.00964. The van der Waals surface area contributed by atoms with Gasteiger partial charge in [0.1, 0.15) is 0 Å². The number of anilines is 2. The number of aryl methyl sites for hydroxylation is 1. The van der Waals surface area contributed by atoms with Crippen molar-refractivity contribution >= 4 is 17.3 Å². The van der Waals surface area contributed by atoms with Crippen LogP contribution in [0.15, 0.2) is 12.3 Å². The van der Waals surface area contributed by atoms with Crippen LogP contribution >= 0.6 is 0 Å². The van der Waals surface area contributed by atoms with E-state index in [0.29, 0.717) is 5.69 Å². The molecular formula is C12H18N4O. The van der Waals surface area contributed by atoms with E-state index in [1.54, 1.807) is 6.20 Å². The number of nitrogens with zero attached hydrogens (tertiary/aromatic N) is 2. The van der Waals surface area contributed by atoms with E-state index < -0.39 is 0 Å². The fourth-order valence-corrected chi connectivity index (χ4v) is 2.23. The van der Waals surface area contributed by atoms with Crippen molar-refractivity contribution in [2.45, 2.75) is 19.8 Å². The Morgan fingerprint density at radius 2 is 2.12 bits per heavy atom. The summed E-state index contributed by atoms with van der Waals surface area (Å²) >= 11 is 0. The second-order valence-corrected chi connectivity index (χ2v) is 4.55. The molecule has 17 heavy (non-hydrogen) atoms. The van der Waals surface area contributed by atoms with E-state index in [2.05, 4.69) is 9.88 Å². The van der Waals surface area contributed by atoms with Crippen LogP contribution in [0.3, 0.4) is 0 Å². The highest BCUT2D eigenvalue weighted by Gasteiger charge is 2.24. The van der Waals surface area contributed by atoms with Gasteiger partial charge in [0, 0.05) is 24.7 Å². The highest BCUT2D eigenvalue weighted by Crippen LogP contribution is 2.27. The second kappa shape index (κ2) is 4.61. The third-order valence-corrected chi connectivity index (χ3v) is 3.29. The standard InChI is InChI=1S/C12H18N4O/c1-8-6-11(10(13)7-15-8)16-4-2-9(3-5-16)12(14)17/h6-7,9H,2-5,13H2,1H3,(H2,14,17). The predicted octanol–water partition coefficient (Wildman–Crippen LogP) is 0.674. The highest BCUT2D eigenvalue weighted by molar-refractivity contribution is 5.77. The number of rotatable bonds is 2. The average molecular weight is 234 g/mol. The molecule has 1 aliphatic rings. The van der Waals surface area contributed by atoms with Crippen molar-refractivity contribution in [1.29, 1.82) is 0 Å². The molecule has 0 saturated carbocycles. The van der Waals surface area contributed by atoms with Crippen LogP contribution in [0.25, 0.3) is 0 Å². The Hall–Kier alpha value is -1.78. The first kappa shape index (κ1) is 11.7. The Kier molecular flexibility index (Phi) is 3.17. The van der Waals surface area contributed by atoms with Gasteiger partial charge in [-0.3, -0.25) is 9.78 Å². The van der Waals surface area contributed by atoms with E-state index in [9.17, 15) is 4.79 Å². The number of nitrogen functional groups attached to an aromatic ring is 1. The number of carbonyl (C=O) groups is 1. The van der Waals surface area contributed by atoms with Crippen molar-refractivity contribution in [3.8, 4) is 0 Å². The first-order chi connectivity index (χ1) is 8.08. The third kappa shape index (κ3) is 2.49. The van der Waals surface area contributed by atoms with E-state index in [-0.39, 0.29) is 11.8 Å². The normalized spacial score (nSPS) is 17.1. The molecule has 1 fully saturated rings. The largest absolute Gasteiger partial charge is 0.396 e. The van der Waals surface area contributed by atoms with Crippen LogP contribution in [0.5, 0.6) is 0 Å². The zero-order valence-electron chi connectivity index (χ0n) is 10.0. The lowest BCUT2D eigenvalue weighted by Crippen LogP contribution is -2.38. The minimum atomic E-state index is -0.191. The van der Waals surface area contributed by atoms with Crippen molar-refractivity contribution in [3.63, 3.8) is 0 Å². The molecule has 1 amide bonds. The highest BCUT2D eigenvalue weighted by atomic mass is 16.1. The Bertz CT molecular complexity index is 425. The fourth-order valence-electron chi connectivity index (χ4n) is 2.23. The molecule has 5 nitrogen and oxygen atoms in total. The summed E-state index contributed by atoms with van der Waals surface area (Å²) in [7, 11) is 0. The predicted molar refractivity (Wildman–Crippen MR) is 67.5 cm³/mol. The SMILES string of the molecule is Cc1cc(N2CCC(C(N)=O)CC2)c(N)cn1. The maximum absolute atomic E-state index is 11.1. The Balaban J connectivity index is 2.10. The summed E-state index contributed by atoms with van der Waals surface area (Å²) in [6.45, 7) is 3.58. The molecule has 0 aromatic carbocycles. The summed E-state index contributed by atoms with van der Waals surface area (Å²) in [5.41, 5.74) is 13.9. The summed E-state index contributed by atoms with van der Waals surface area (Å²) in [5.74, 6) is -0.182. The average Bonchev–Trinajstić information content (AvgIpc) is 2.32. The van der Waals surface area contributed by atoms with Crippen molar-refractivity contribution in [3.05, 3.63) is 18.0 Å². The Labute approximate surface area is 101 Å². The molecule has 1 aliphatic heterocycles. The lowest BCUT2D eigenvalue weighted by molar-refractivity contribution is -0.122. The third-order valence-electron chi connectivity index (χ3n) is 3.29. The Morgan fingerprint density at radius 1 is 1.47 bits per heavy atom. The van der Waals surface area contributed by atoms with Crippen LogP contribution in [0.1, 0.15) is 18.5 Å². The summed E-state index contributed by atoms with van der Waals surface area (Å²) < 4.78 is 0. The minimum Gasteiger partial charge on any atom is -0.396 e. The number of hydrogen-bond donors (Lipinski definition) is 2. The molecule has 2 rings (SSSR count). The van der Waals surface area contributed by atoms with Gasteiger partial charge in [0.2, 0.25) is 5.91 Å². The van der Waals surface area contributed by atoms with Gasteiger partial charge in [0.25, 0.3) is 0 Å². The Morgan fingerprint density at radius 3 is 2.71 bits per heavy atom. The summed E-state index contributed by atoms with van der Waals surface area (Å²) in [5, 5.41) is 0. The van der Waals surface area contributed by atoms with Crippen molar-refractivity contribution < 1.29 is 4.79 Å². The number of primary amides is 1. The van der Waals surface area contributed by atoms with Gasteiger partial charge in [-0.25, -0.2) is 0 Å². The molecule has 0 bridgehead atoms. The topological polar surface area (TPSA) is 85.2 Å². The van der Waals surface area contributed by atoms with Crippen LogP contribution in [0.2, 0.25) is 0 Å². The quantitative estimate of drug-likeness (QED) is 0.787. The molecule has 92 valence electrons. The number of carbonyl (C=O) groups excluding carboxylic acids is 1. The molecular weight excluding hydrogens is 216 g/mol. The summed E-state index contributed by atoms with van der Waals surface area (Å²) in [4.78, 5) is 17.4. The van der Waals surface area contributed by atoms with Gasteiger partial charge in [0.15, 0.2) is 0 Å². The van der Waals surface area contributed by atoms with E-state index >= 15 is 0 Å². The molecule has 1 saturated heterocycles. The van der Waals surface area contributed by atoms with Crippen LogP contribution < -0.4 is 16.4 Å². The molecule has 2 heterocycles. The summed E-state index contributed by atoms with van der Waals surface area (Å²) in [6, 6.07) is 1.99. The molecule has 5 heteroatoms. The fraction of sp³-hybridized carbons (Fsp3) is 0.500. The number of nitrogens with two attached hydrogens (primary N) is 2. The zero-order valence-corrected chi connectivity index (χ0v) is 10.0. The lowest BCUT2D eigenvalue weighted by atomic mass is 9.96. The molecule has 0 aliphatic carbocycles. The van der Waals surface area contributed by atoms with Crippen LogP contribution in [-0.2, 0) is 4.79 Å². The van der Waals surface area contributed by atoms with E-state index in [0.717, 1.165) is 37.3 Å². The molecule has 0 radical (unpaired) electrons.